The molecule has 3 rings (SSSR count). The van der Waals surface area contributed by atoms with Crippen LogP contribution in [0.15, 0.2) is 35.1 Å². The first-order valence-corrected chi connectivity index (χ1v) is 11.9. The van der Waals surface area contributed by atoms with E-state index in [9.17, 15) is 14.4 Å². The van der Waals surface area contributed by atoms with E-state index in [4.69, 9.17) is 0 Å². The minimum Gasteiger partial charge on any atom is -0.342 e. The van der Waals surface area contributed by atoms with Gasteiger partial charge in [-0.2, -0.15) is 0 Å². The van der Waals surface area contributed by atoms with Crippen LogP contribution in [-0.2, 0) is 16.6 Å². The molecule has 0 radical (unpaired) electrons. The summed E-state index contributed by atoms with van der Waals surface area (Å²) >= 11 is 1.28. The quantitative estimate of drug-likeness (QED) is 0.712. The lowest BCUT2D eigenvalue weighted by Crippen LogP contribution is -2.40. The SMILES string of the molecule is Cc1c(NC(=O)CSCC(=O)N(C)C2CCC(C)CC2)c(=O)n(-c2ccccc2)n1C. The van der Waals surface area contributed by atoms with Crippen LogP contribution in [-0.4, -0.2) is 50.7 Å². The number of anilines is 1. The van der Waals surface area contributed by atoms with Gasteiger partial charge in [0.1, 0.15) is 5.69 Å². The summed E-state index contributed by atoms with van der Waals surface area (Å²) < 4.78 is 3.26. The van der Waals surface area contributed by atoms with Crippen molar-refractivity contribution in [2.45, 2.75) is 45.6 Å². The Morgan fingerprint density at radius 3 is 2.42 bits per heavy atom. The lowest BCUT2D eigenvalue weighted by molar-refractivity contribution is -0.129. The maximum absolute atomic E-state index is 12.9. The molecule has 2 aromatic rings. The summed E-state index contributed by atoms with van der Waals surface area (Å²) in [7, 11) is 3.65. The van der Waals surface area contributed by atoms with Crippen LogP contribution in [0, 0.1) is 12.8 Å². The minimum absolute atomic E-state index is 0.0553. The summed E-state index contributed by atoms with van der Waals surface area (Å²) in [6, 6.07) is 9.61. The summed E-state index contributed by atoms with van der Waals surface area (Å²) in [5.74, 6) is 0.904. The fourth-order valence-electron chi connectivity index (χ4n) is 4.05. The molecule has 1 saturated carbocycles. The Morgan fingerprint density at radius 2 is 1.77 bits per heavy atom. The monoisotopic (exact) mass is 444 g/mol. The molecular formula is C23H32N4O3S. The second-order valence-electron chi connectivity index (χ2n) is 8.40. The summed E-state index contributed by atoms with van der Waals surface area (Å²) in [5, 5.41) is 2.74. The van der Waals surface area contributed by atoms with Crippen LogP contribution >= 0.6 is 11.8 Å². The van der Waals surface area contributed by atoms with Gasteiger partial charge in [-0.15, -0.1) is 11.8 Å². The predicted molar refractivity (Wildman–Crippen MR) is 126 cm³/mol. The molecule has 1 aromatic heterocycles. The number of aromatic nitrogens is 2. The van der Waals surface area contributed by atoms with Crippen molar-refractivity contribution in [3.63, 3.8) is 0 Å². The van der Waals surface area contributed by atoms with E-state index in [1.165, 1.54) is 16.4 Å². The first kappa shape index (κ1) is 23.2. The molecule has 7 nitrogen and oxygen atoms in total. The highest BCUT2D eigenvalue weighted by Crippen LogP contribution is 2.26. The molecule has 1 aliphatic rings. The predicted octanol–water partition coefficient (Wildman–Crippen LogP) is 3.19. The number of carbonyl (C=O) groups excluding carboxylic acids is 2. The number of benzene rings is 1. The van der Waals surface area contributed by atoms with Gasteiger partial charge >= 0.3 is 0 Å². The first-order chi connectivity index (χ1) is 14.8. The summed E-state index contributed by atoms with van der Waals surface area (Å²) in [5.41, 5.74) is 1.41. The third-order valence-electron chi connectivity index (χ3n) is 6.20. The molecule has 31 heavy (non-hydrogen) atoms. The van der Waals surface area contributed by atoms with Crippen LogP contribution in [0.2, 0.25) is 0 Å². The summed E-state index contributed by atoms with van der Waals surface area (Å²) in [6.07, 6.45) is 4.43. The molecule has 1 heterocycles. The van der Waals surface area contributed by atoms with E-state index in [0.29, 0.717) is 11.7 Å². The van der Waals surface area contributed by atoms with E-state index < -0.39 is 0 Å². The van der Waals surface area contributed by atoms with Crippen LogP contribution in [0.25, 0.3) is 5.69 Å². The summed E-state index contributed by atoms with van der Waals surface area (Å²) in [6.45, 7) is 4.06. The Kier molecular flexibility index (Phi) is 7.64. The molecular weight excluding hydrogens is 412 g/mol. The summed E-state index contributed by atoms with van der Waals surface area (Å²) in [4.78, 5) is 39.7. The molecule has 1 aliphatic carbocycles. The number of nitrogens with one attached hydrogen (secondary N) is 1. The standard InChI is InChI=1S/C23H32N4O3S/c1-16-10-12-18(13-11-16)25(3)21(29)15-31-14-20(28)24-22-17(2)26(4)27(23(22)30)19-8-6-5-7-9-19/h5-9,16,18H,10-15H2,1-4H3,(H,24,28). The molecule has 0 spiro atoms. The number of thioether (sulfide) groups is 1. The molecule has 0 saturated heterocycles. The van der Waals surface area contributed by atoms with E-state index in [0.717, 1.165) is 37.3 Å². The number of amides is 2. The third kappa shape index (κ3) is 5.42. The highest BCUT2D eigenvalue weighted by Gasteiger charge is 2.25. The van der Waals surface area contributed by atoms with Crippen molar-refractivity contribution in [1.29, 1.82) is 0 Å². The Bertz CT molecular complexity index is 975. The van der Waals surface area contributed by atoms with Gasteiger partial charge in [0.05, 0.1) is 22.9 Å². The molecule has 0 bridgehead atoms. The molecule has 2 amide bonds. The van der Waals surface area contributed by atoms with Gasteiger partial charge in [0.2, 0.25) is 11.8 Å². The van der Waals surface area contributed by atoms with Crippen molar-refractivity contribution in [2.75, 3.05) is 23.9 Å². The zero-order valence-electron chi connectivity index (χ0n) is 18.8. The number of para-hydroxylation sites is 1. The van der Waals surface area contributed by atoms with Gasteiger partial charge in [0.15, 0.2) is 0 Å². The fourth-order valence-corrected chi connectivity index (χ4v) is 4.79. The van der Waals surface area contributed by atoms with E-state index in [2.05, 4.69) is 12.2 Å². The Hall–Kier alpha value is -2.48. The largest absolute Gasteiger partial charge is 0.342 e. The van der Waals surface area contributed by atoms with Gasteiger partial charge < -0.3 is 10.2 Å². The average Bonchev–Trinajstić information content (AvgIpc) is 2.97. The van der Waals surface area contributed by atoms with Crippen molar-refractivity contribution in [3.8, 4) is 5.69 Å². The van der Waals surface area contributed by atoms with E-state index >= 15 is 0 Å². The van der Waals surface area contributed by atoms with Crippen molar-refractivity contribution < 1.29 is 9.59 Å². The highest BCUT2D eigenvalue weighted by molar-refractivity contribution is 8.00. The van der Waals surface area contributed by atoms with Gasteiger partial charge in [-0.1, -0.05) is 25.1 Å². The first-order valence-electron chi connectivity index (χ1n) is 10.8. The molecule has 168 valence electrons. The number of nitrogens with zero attached hydrogens (tertiary/aromatic N) is 3. The van der Waals surface area contributed by atoms with Crippen molar-refractivity contribution >= 4 is 29.3 Å². The second kappa shape index (κ2) is 10.2. The van der Waals surface area contributed by atoms with Crippen molar-refractivity contribution in [3.05, 3.63) is 46.4 Å². The van der Waals surface area contributed by atoms with E-state index in [1.54, 1.807) is 18.7 Å². The van der Waals surface area contributed by atoms with Gasteiger partial charge in [-0.3, -0.25) is 19.1 Å². The molecule has 1 N–H and O–H groups in total. The lowest BCUT2D eigenvalue weighted by Gasteiger charge is -2.33. The van der Waals surface area contributed by atoms with Crippen LogP contribution in [0.4, 0.5) is 5.69 Å². The van der Waals surface area contributed by atoms with Gasteiger partial charge in [0, 0.05) is 20.1 Å². The molecule has 8 heteroatoms. The number of hydrogen-bond donors (Lipinski definition) is 1. The maximum atomic E-state index is 12.9. The van der Waals surface area contributed by atoms with Crippen LogP contribution in [0.5, 0.6) is 0 Å². The normalized spacial score (nSPS) is 18.6. The fraction of sp³-hybridized carbons (Fsp3) is 0.522. The van der Waals surface area contributed by atoms with Gasteiger partial charge in [-0.25, -0.2) is 4.68 Å². The van der Waals surface area contributed by atoms with Gasteiger partial charge in [0.25, 0.3) is 5.56 Å². The number of carbonyl (C=O) groups is 2. The van der Waals surface area contributed by atoms with Crippen molar-refractivity contribution in [1.82, 2.24) is 14.3 Å². The number of rotatable bonds is 7. The molecule has 0 aliphatic heterocycles. The smallest absolute Gasteiger partial charge is 0.295 e. The van der Waals surface area contributed by atoms with Crippen molar-refractivity contribution in [2.24, 2.45) is 13.0 Å². The topological polar surface area (TPSA) is 76.3 Å². The molecule has 0 atom stereocenters. The Labute approximate surface area is 187 Å². The lowest BCUT2D eigenvalue weighted by atomic mass is 9.87. The van der Waals surface area contributed by atoms with E-state index in [1.807, 2.05) is 42.3 Å². The highest BCUT2D eigenvalue weighted by atomic mass is 32.2. The molecule has 1 aromatic carbocycles. The minimum atomic E-state index is -0.280. The van der Waals surface area contributed by atoms with Crippen LogP contribution in [0.1, 0.15) is 38.3 Å². The zero-order chi connectivity index (χ0) is 22.5. The van der Waals surface area contributed by atoms with Crippen LogP contribution in [0.3, 0.4) is 0 Å². The Balaban J connectivity index is 1.54. The third-order valence-corrected chi connectivity index (χ3v) is 7.12. The van der Waals surface area contributed by atoms with Gasteiger partial charge in [-0.05, 0) is 50.7 Å². The number of hydrogen-bond acceptors (Lipinski definition) is 4. The average molecular weight is 445 g/mol. The Morgan fingerprint density at radius 1 is 1.13 bits per heavy atom. The van der Waals surface area contributed by atoms with Crippen LogP contribution < -0.4 is 10.9 Å². The zero-order valence-corrected chi connectivity index (χ0v) is 19.6. The van der Waals surface area contributed by atoms with E-state index in [-0.39, 0.29) is 34.6 Å². The molecule has 0 unspecified atom stereocenters. The second-order valence-corrected chi connectivity index (χ2v) is 9.38. The molecule has 1 fully saturated rings. The maximum Gasteiger partial charge on any atom is 0.295 e.